The van der Waals surface area contributed by atoms with E-state index in [9.17, 15) is 9.59 Å². The van der Waals surface area contributed by atoms with E-state index in [-0.39, 0.29) is 11.8 Å². The van der Waals surface area contributed by atoms with Crippen LogP contribution in [0.4, 0.5) is 0 Å². The van der Waals surface area contributed by atoms with Crippen molar-refractivity contribution < 1.29 is 14.3 Å². The van der Waals surface area contributed by atoms with Gasteiger partial charge in [-0.15, -0.1) is 0 Å². The molecule has 3 aromatic rings. The van der Waals surface area contributed by atoms with Crippen LogP contribution in [0.1, 0.15) is 60.9 Å². The van der Waals surface area contributed by atoms with Crippen LogP contribution in [0.5, 0.6) is 5.75 Å². The molecule has 0 radical (unpaired) electrons. The Morgan fingerprint density at radius 1 is 0.857 bits per heavy atom. The Balaban J connectivity index is 1.66. The molecule has 0 heterocycles. The van der Waals surface area contributed by atoms with Crippen LogP contribution in [-0.2, 0) is 29.3 Å². The third-order valence-corrected chi connectivity index (χ3v) is 5.76. The van der Waals surface area contributed by atoms with Gasteiger partial charge in [-0.25, -0.2) is 0 Å². The number of unbranched alkanes of at least 4 members (excludes halogenated alkanes) is 2. The summed E-state index contributed by atoms with van der Waals surface area (Å²) < 4.78 is 5.86. The van der Waals surface area contributed by atoms with Crippen molar-refractivity contribution in [2.24, 2.45) is 5.73 Å². The quantitative estimate of drug-likeness (QED) is 0.312. The molecule has 0 saturated heterocycles. The van der Waals surface area contributed by atoms with Gasteiger partial charge in [-0.3, -0.25) is 9.59 Å². The molecule has 0 fully saturated rings. The molecule has 0 aromatic heterocycles. The number of benzene rings is 3. The van der Waals surface area contributed by atoms with E-state index in [1.165, 1.54) is 0 Å². The summed E-state index contributed by atoms with van der Waals surface area (Å²) in [6, 6.07) is 24.2. The zero-order valence-electron chi connectivity index (χ0n) is 20.3. The lowest BCUT2D eigenvalue weighted by molar-refractivity contribution is -0.129. The predicted octanol–water partition coefficient (Wildman–Crippen LogP) is 4.78. The maximum Gasteiger partial charge on any atom is 0.247 e. The summed E-state index contributed by atoms with van der Waals surface area (Å²) in [5, 5.41) is 5.87. The van der Waals surface area contributed by atoms with Crippen molar-refractivity contribution in [2.75, 3.05) is 0 Å². The van der Waals surface area contributed by atoms with Gasteiger partial charge in [0.25, 0.3) is 0 Å². The highest BCUT2D eigenvalue weighted by molar-refractivity contribution is 5.88. The maximum atomic E-state index is 13.1. The number of nitrogens with two attached hydrogens (primary N) is 1. The zero-order chi connectivity index (χ0) is 24.9. The summed E-state index contributed by atoms with van der Waals surface area (Å²) in [6.07, 6.45) is 3.22. The fourth-order valence-electron chi connectivity index (χ4n) is 3.65. The van der Waals surface area contributed by atoms with Crippen molar-refractivity contribution in [1.29, 1.82) is 0 Å². The van der Waals surface area contributed by atoms with Gasteiger partial charge in [0.2, 0.25) is 11.8 Å². The molecule has 2 amide bonds. The highest BCUT2D eigenvalue weighted by Gasteiger charge is 2.22. The van der Waals surface area contributed by atoms with E-state index in [1.54, 1.807) is 0 Å². The zero-order valence-corrected chi connectivity index (χ0v) is 20.3. The van der Waals surface area contributed by atoms with Gasteiger partial charge in [0.1, 0.15) is 18.4 Å². The van der Waals surface area contributed by atoms with Crippen LogP contribution in [0.25, 0.3) is 0 Å². The average molecular weight is 474 g/mol. The van der Waals surface area contributed by atoms with E-state index in [4.69, 9.17) is 10.5 Å². The van der Waals surface area contributed by atoms with E-state index >= 15 is 0 Å². The third kappa shape index (κ3) is 8.58. The normalized spacial score (nSPS) is 11.5. The second kappa shape index (κ2) is 13.9. The van der Waals surface area contributed by atoms with E-state index in [0.29, 0.717) is 37.4 Å². The number of amides is 2. The number of hydrogen-bond donors (Lipinski definition) is 3. The van der Waals surface area contributed by atoms with Gasteiger partial charge in [-0.05, 0) is 40.8 Å². The highest BCUT2D eigenvalue weighted by atomic mass is 16.5. The molecule has 35 heavy (non-hydrogen) atoms. The van der Waals surface area contributed by atoms with Crippen LogP contribution >= 0.6 is 0 Å². The van der Waals surface area contributed by atoms with Crippen LogP contribution in [0.3, 0.4) is 0 Å². The summed E-state index contributed by atoms with van der Waals surface area (Å²) >= 11 is 0. The van der Waals surface area contributed by atoms with Crippen molar-refractivity contribution >= 4 is 11.8 Å². The summed E-state index contributed by atoms with van der Waals surface area (Å²) in [7, 11) is 0. The largest absolute Gasteiger partial charge is 0.489 e. The van der Waals surface area contributed by atoms with Crippen molar-refractivity contribution in [3.63, 3.8) is 0 Å². The Morgan fingerprint density at radius 2 is 1.54 bits per heavy atom. The first-order chi connectivity index (χ1) is 17.1. The number of rotatable bonds is 13. The topological polar surface area (TPSA) is 93.5 Å². The van der Waals surface area contributed by atoms with Crippen LogP contribution in [0.2, 0.25) is 0 Å². The molecule has 4 N–H and O–H groups in total. The minimum atomic E-state index is -0.782. The number of ether oxygens (including phenoxy) is 1. The minimum Gasteiger partial charge on any atom is -0.489 e. The molecule has 6 nitrogen and oxygen atoms in total. The molecule has 0 aliphatic heterocycles. The van der Waals surface area contributed by atoms with Crippen molar-refractivity contribution in [3.8, 4) is 5.75 Å². The molecule has 3 rings (SSSR count). The molecule has 1 atom stereocenters. The first-order valence-corrected chi connectivity index (χ1v) is 12.2. The Labute approximate surface area is 207 Å². The lowest BCUT2D eigenvalue weighted by Gasteiger charge is -2.19. The summed E-state index contributed by atoms with van der Waals surface area (Å²) in [5.41, 5.74) is 9.44. The summed E-state index contributed by atoms with van der Waals surface area (Å²) in [4.78, 5) is 25.7. The highest BCUT2D eigenvalue weighted by Crippen LogP contribution is 2.20. The van der Waals surface area contributed by atoms with E-state index in [0.717, 1.165) is 36.0 Å². The van der Waals surface area contributed by atoms with Gasteiger partial charge in [0, 0.05) is 19.5 Å². The molecular formula is C29H35N3O3. The molecule has 0 unspecified atom stereocenters. The first kappa shape index (κ1) is 26.0. The van der Waals surface area contributed by atoms with Gasteiger partial charge < -0.3 is 21.1 Å². The maximum absolute atomic E-state index is 13.1. The monoisotopic (exact) mass is 473 g/mol. The lowest BCUT2D eigenvalue weighted by atomic mass is 10.0. The average Bonchev–Trinajstić information content (AvgIpc) is 2.90. The van der Waals surface area contributed by atoms with Crippen LogP contribution in [0.15, 0.2) is 78.9 Å². The molecule has 3 aromatic carbocycles. The second-order valence-electron chi connectivity index (χ2n) is 8.54. The molecular weight excluding hydrogens is 438 g/mol. The van der Waals surface area contributed by atoms with Crippen molar-refractivity contribution in [1.82, 2.24) is 10.6 Å². The Hall–Kier alpha value is -3.64. The van der Waals surface area contributed by atoms with Gasteiger partial charge >= 0.3 is 0 Å². The SMILES string of the molecule is CCCCCC(=O)N[C@H](C(=O)NCc1ccc(CN)cc1)c1ccc(OCc2ccccc2)cc1. The first-order valence-electron chi connectivity index (χ1n) is 12.2. The molecule has 0 aliphatic carbocycles. The summed E-state index contributed by atoms with van der Waals surface area (Å²) in [5.74, 6) is 0.316. The van der Waals surface area contributed by atoms with Gasteiger partial charge in [0.05, 0.1) is 0 Å². The van der Waals surface area contributed by atoms with Crippen LogP contribution in [-0.4, -0.2) is 11.8 Å². The molecule has 0 saturated carbocycles. The van der Waals surface area contributed by atoms with E-state index in [2.05, 4.69) is 17.6 Å². The van der Waals surface area contributed by atoms with Gasteiger partial charge in [0.15, 0.2) is 0 Å². The van der Waals surface area contributed by atoms with Crippen LogP contribution < -0.4 is 21.1 Å². The van der Waals surface area contributed by atoms with Gasteiger partial charge in [-0.1, -0.05) is 86.5 Å². The molecule has 6 heteroatoms. The smallest absolute Gasteiger partial charge is 0.247 e. The van der Waals surface area contributed by atoms with Gasteiger partial charge in [-0.2, -0.15) is 0 Å². The molecule has 0 bridgehead atoms. The summed E-state index contributed by atoms with van der Waals surface area (Å²) in [6.45, 7) is 3.39. The standard InChI is InChI=1S/C29H35N3O3/c1-2-3-5-10-27(33)32-28(29(34)31-20-23-13-11-22(19-30)12-14-23)25-15-17-26(18-16-25)35-21-24-8-6-4-7-9-24/h4,6-9,11-18,28H,2-3,5,10,19-21,30H2,1H3,(H,31,34)(H,32,33)/t28-/m0/s1. The third-order valence-electron chi connectivity index (χ3n) is 5.76. The number of hydrogen-bond acceptors (Lipinski definition) is 4. The van der Waals surface area contributed by atoms with Crippen molar-refractivity contribution in [3.05, 3.63) is 101 Å². The fraction of sp³-hybridized carbons (Fsp3) is 0.310. The predicted molar refractivity (Wildman–Crippen MR) is 138 cm³/mol. The molecule has 0 aliphatic rings. The second-order valence-corrected chi connectivity index (χ2v) is 8.54. The Kier molecular flexibility index (Phi) is 10.3. The number of carbonyl (C=O) groups is 2. The van der Waals surface area contributed by atoms with E-state index < -0.39 is 6.04 Å². The number of carbonyl (C=O) groups excluding carboxylic acids is 2. The molecule has 0 spiro atoms. The number of nitrogens with one attached hydrogen (secondary N) is 2. The van der Waals surface area contributed by atoms with Crippen LogP contribution in [0, 0.1) is 0 Å². The Bertz CT molecular complexity index is 1050. The lowest BCUT2D eigenvalue weighted by Crippen LogP contribution is -2.40. The minimum absolute atomic E-state index is 0.129. The van der Waals surface area contributed by atoms with E-state index in [1.807, 2.05) is 78.9 Å². The Morgan fingerprint density at radius 3 is 2.20 bits per heavy atom. The van der Waals surface area contributed by atoms with Crippen molar-refractivity contribution in [2.45, 2.75) is 58.3 Å². The molecule has 184 valence electrons. The fourth-order valence-corrected chi connectivity index (χ4v) is 3.65.